The molecule has 6 heteroatoms. The summed E-state index contributed by atoms with van der Waals surface area (Å²) in [5.74, 6) is -0.246. The molecule has 0 saturated heterocycles. The second kappa shape index (κ2) is 7.65. The van der Waals surface area contributed by atoms with Crippen molar-refractivity contribution < 1.29 is 4.79 Å². The normalized spacial score (nSPS) is 10.5. The molecule has 132 valence electrons. The van der Waals surface area contributed by atoms with Gasteiger partial charge in [-0.05, 0) is 29.1 Å². The van der Waals surface area contributed by atoms with Gasteiger partial charge in [0.25, 0.3) is 5.91 Å². The van der Waals surface area contributed by atoms with Crippen molar-refractivity contribution in [1.82, 2.24) is 10.3 Å². The van der Waals surface area contributed by atoms with Gasteiger partial charge in [0, 0.05) is 16.5 Å². The van der Waals surface area contributed by atoms with E-state index in [0.29, 0.717) is 10.7 Å². The molecule has 1 amide bonds. The topological polar surface area (TPSA) is 54.0 Å². The van der Waals surface area contributed by atoms with Crippen molar-refractivity contribution in [3.8, 4) is 11.3 Å². The molecule has 4 rings (SSSR count). The zero-order valence-corrected chi connectivity index (χ0v) is 15.8. The molecule has 0 spiro atoms. The van der Waals surface area contributed by atoms with Crippen LogP contribution < -0.4 is 10.6 Å². The molecule has 0 aliphatic heterocycles. The molecule has 0 fully saturated rings. The summed E-state index contributed by atoms with van der Waals surface area (Å²) in [5.41, 5.74) is 2.49. The standard InChI is InChI=1S/C21H15N3OS2/c25-19(17-12-6-10-14-7-4-5-11-16(14)17)23-20(26)24-21-22-18(13-27-21)15-8-2-1-3-9-15/h1-13H,(H2,22,23,24,25,26). The number of hydrogen-bond acceptors (Lipinski definition) is 4. The number of thiazole rings is 1. The Morgan fingerprint density at radius 1 is 0.926 bits per heavy atom. The number of thiocarbonyl (C=S) groups is 1. The quantitative estimate of drug-likeness (QED) is 0.479. The number of nitrogens with one attached hydrogen (secondary N) is 2. The van der Waals surface area contributed by atoms with Crippen molar-refractivity contribution in [1.29, 1.82) is 0 Å². The van der Waals surface area contributed by atoms with E-state index in [-0.39, 0.29) is 11.0 Å². The van der Waals surface area contributed by atoms with Crippen LogP contribution in [0.4, 0.5) is 5.13 Å². The Morgan fingerprint density at radius 2 is 1.67 bits per heavy atom. The molecule has 3 aromatic carbocycles. The monoisotopic (exact) mass is 389 g/mol. The van der Waals surface area contributed by atoms with Crippen molar-refractivity contribution in [3.63, 3.8) is 0 Å². The van der Waals surface area contributed by atoms with Crippen LogP contribution in [0.5, 0.6) is 0 Å². The number of carbonyl (C=O) groups is 1. The van der Waals surface area contributed by atoms with Crippen LogP contribution in [0.15, 0.2) is 78.2 Å². The number of rotatable bonds is 3. The predicted molar refractivity (Wildman–Crippen MR) is 115 cm³/mol. The van der Waals surface area contributed by atoms with Crippen LogP contribution in [0, 0.1) is 0 Å². The first-order valence-corrected chi connectivity index (χ1v) is 9.60. The van der Waals surface area contributed by atoms with E-state index in [4.69, 9.17) is 12.2 Å². The van der Waals surface area contributed by atoms with Crippen LogP contribution in [0.2, 0.25) is 0 Å². The van der Waals surface area contributed by atoms with Crippen molar-refractivity contribution in [2.24, 2.45) is 0 Å². The van der Waals surface area contributed by atoms with Crippen LogP contribution >= 0.6 is 23.6 Å². The van der Waals surface area contributed by atoms with Gasteiger partial charge in [0.05, 0.1) is 5.69 Å². The van der Waals surface area contributed by atoms with E-state index in [9.17, 15) is 4.79 Å². The number of aromatic nitrogens is 1. The summed E-state index contributed by atoms with van der Waals surface area (Å²) in [4.78, 5) is 17.1. The molecule has 4 aromatic rings. The first-order chi connectivity index (χ1) is 13.2. The van der Waals surface area contributed by atoms with Crippen molar-refractivity contribution in [3.05, 3.63) is 83.7 Å². The van der Waals surface area contributed by atoms with E-state index in [2.05, 4.69) is 15.6 Å². The van der Waals surface area contributed by atoms with Crippen molar-refractivity contribution >= 4 is 50.5 Å². The lowest BCUT2D eigenvalue weighted by Crippen LogP contribution is -2.34. The van der Waals surface area contributed by atoms with E-state index in [1.165, 1.54) is 11.3 Å². The average molecular weight is 390 g/mol. The smallest absolute Gasteiger partial charge is 0.258 e. The first kappa shape index (κ1) is 17.3. The maximum atomic E-state index is 12.6. The van der Waals surface area contributed by atoms with Crippen LogP contribution in [-0.2, 0) is 0 Å². The molecule has 1 aromatic heterocycles. The number of hydrogen-bond donors (Lipinski definition) is 2. The SMILES string of the molecule is O=C(NC(=S)Nc1nc(-c2ccccc2)cs1)c1cccc2ccccc12. The summed E-state index contributed by atoms with van der Waals surface area (Å²) >= 11 is 6.72. The summed E-state index contributed by atoms with van der Waals surface area (Å²) in [6.45, 7) is 0. The number of anilines is 1. The summed E-state index contributed by atoms with van der Waals surface area (Å²) in [7, 11) is 0. The number of nitrogens with zero attached hydrogens (tertiary/aromatic N) is 1. The fourth-order valence-electron chi connectivity index (χ4n) is 2.79. The van der Waals surface area contributed by atoms with Gasteiger partial charge < -0.3 is 5.32 Å². The lowest BCUT2D eigenvalue weighted by Gasteiger charge is -2.09. The Kier molecular flexibility index (Phi) is 4.91. The highest BCUT2D eigenvalue weighted by Gasteiger charge is 2.12. The zero-order chi connectivity index (χ0) is 18.6. The van der Waals surface area contributed by atoms with Crippen LogP contribution in [-0.4, -0.2) is 16.0 Å². The minimum Gasteiger partial charge on any atom is -0.308 e. The minimum atomic E-state index is -0.246. The van der Waals surface area contributed by atoms with Gasteiger partial charge >= 0.3 is 0 Å². The van der Waals surface area contributed by atoms with Gasteiger partial charge in [-0.1, -0.05) is 66.7 Å². The molecule has 4 nitrogen and oxygen atoms in total. The van der Waals surface area contributed by atoms with Crippen LogP contribution in [0.25, 0.3) is 22.0 Å². The van der Waals surface area contributed by atoms with Gasteiger partial charge in [-0.3, -0.25) is 10.1 Å². The van der Waals surface area contributed by atoms with Gasteiger partial charge in [-0.15, -0.1) is 11.3 Å². The maximum absolute atomic E-state index is 12.6. The molecule has 0 unspecified atom stereocenters. The molecular weight excluding hydrogens is 374 g/mol. The van der Waals surface area contributed by atoms with E-state index >= 15 is 0 Å². The predicted octanol–water partition coefficient (Wildman–Crippen LogP) is 5.09. The number of carbonyl (C=O) groups excluding carboxylic acids is 1. The van der Waals surface area contributed by atoms with Crippen LogP contribution in [0.1, 0.15) is 10.4 Å². The molecule has 0 bridgehead atoms. The second-order valence-electron chi connectivity index (χ2n) is 5.84. The van der Waals surface area contributed by atoms with Gasteiger partial charge in [-0.2, -0.15) is 0 Å². The molecule has 0 aliphatic rings. The highest BCUT2D eigenvalue weighted by atomic mass is 32.1. The van der Waals surface area contributed by atoms with E-state index in [1.54, 1.807) is 6.07 Å². The molecule has 27 heavy (non-hydrogen) atoms. The number of benzene rings is 3. The van der Waals surface area contributed by atoms with E-state index in [0.717, 1.165) is 22.0 Å². The number of amides is 1. The number of fused-ring (bicyclic) bond motifs is 1. The van der Waals surface area contributed by atoms with E-state index < -0.39 is 0 Å². The summed E-state index contributed by atoms with van der Waals surface area (Å²) in [5, 5.41) is 10.4. The molecule has 0 aliphatic carbocycles. The zero-order valence-electron chi connectivity index (χ0n) is 14.2. The molecule has 0 atom stereocenters. The highest BCUT2D eigenvalue weighted by Crippen LogP contribution is 2.24. The largest absolute Gasteiger partial charge is 0.308 e. The molecule has 2 N–H and O–H groups in total. The van der Waals surface area contributed by atoms with Crippen molar-refractivity contribution in [2.75, 3.05) is 5.32 Å². The maximum Gasteiger partial charge on any atom is 0.258 e. The lowest BCUT2D eigenvalue weighted by atomic mass is 10.0. The van der Waals surface area contributed by atoms with Crippen LogP contribution in [0.3, 0.4) is 0 Å². The molecular formula is C21H15N3OS2. The minimum absolute atomic E-state index is 0.224. The third-order valence-corrected chi connectivity index (χ3v) is 5.02. The first-order valence-electron chi connectivity index (χ1n) is 8.32. The Labute approximate surface area is 165 Å². The lowest BCUT2D eigenvalue weighted by molar-refractivity contribution is 0.0979. The fraction of sp³-hybridized carbons (Fsp3) is 0. The highest BCUT2D eigenvalue weighted by molar-refractivity contribution is 7.80. The van der Waals surface area contributed by atoms with Gasteiger partial charge in [0.1, 0.15) is 0 Å². The summed E-state index contributed by atoms with van der Waals surface area (Å²) in [6.07, 6.45) is 0. The van der Waals surface area contributed by atoms with E-state index in [1.807, 2.05) is 72.1 Å². The Morgan fingerprint density at radius 3 is 2.52 bits per heavy atom. The Balaban J connectivity index is 1.46. The molecule has 0 saturated carbocycles. The van der Waals surface area contributed by atoms with Crippen molar-refractivity contribution in [2.45, 2.75) is 0 Å². The molecule has 1 heterocycles. The van der Waals surface area contributed by atoms with Gasteiger partial charge in [-0.25, -0.2) is 4.98 Å². The van der Waals surface area contributed by atoms with Gasteiger partial charge in [0.15, 0.2) is 10.2 Å². The average Bonchev–Trinajstić information content (AvgIpc) is 3.16. The molecule has 0 radical (unpaired) electrons. The third-order valence-electron chi connectivity index (χ3n) is 4.06. The van der Waals surface area contributed by atoms with Gasteiger partial charge in [0.2, 0.25) is 0 Å². The second-order valence-corrected chi connectivity index (χ2v) is 7.11. The third kappa shape index (κ3) is 3.86. The Hall–Kier alpha value is -3.09. The summed E-state index contributed by atoms with van der Waals surface area (Å²) < 4.78 is 0. The fourth-order valence-corrected chi connectivity index (χ4v) is 3.77. The Bertz CT molecular complexity index is 1120. The summed E-state index contributed by atoms with van der Waals surface area (Å²) in [6, 6.07) is 23.3.